The van der Waals surface area contributed by atoms with Gasteiger partial charge in [0.15, 0.2) is 0 Å². The van der Waals surface area contributed by atoms with Gasteiger partial charge in [0.05, 0.1) is 6.61 Å². The summed E-state index contributed by atoms with van der Waals surface area (Å²) in [6.45, 7) is 0.700. The summed E-state index contributed by atoms with van der Waals surface area (Å²) in [4.78, 5) is 0. The molecule has 2 nitrogen and oxygen atoms in total. The average molecular weight is 322 g/mol. The first kappa shape index (κ1) is 14.7. The van der Waals surface area contributed by atoms with Gasteiger partial charge in [-0.3, -0.25) is 0 Å². The molecule has 2 aromatic carbocycles. The van der Waals surface area contributed by atoms with Crippen molar-refractivity contribution in [1.82, 2.24) is 0 Å². The van der Waals surface area contributed by atoms with Gasteiger partial charge in [-0.1, -0.05) is 47.5 Å². The van der Waals surface area contributed by atoms with Crippen LogP contribution in [-0.4, -0.2) is 12.6 Å². The van der Waals surface area contributed by atoms with Crippen LogP contribution < -0.4 is 10.5 Å². The molecule has 3 rings (SSSR count). The maximum Gasteiger partial charge on any atom is 0.122 e. The van der Waals surface area contributed by atoms with E-state index in [0.29, 0.717) is 23.1 Å². The second-order valence-electron chi connectivity index (χ2n) is 5.35. The Morgan fingerprint density at radius 3 is 2.57 bits per heavy atom. The molecule has 1 aliphatic rings. The highest BCUT2D eigenvalue weighted by atomic mass is 35.5. The zero-order valence-electron chi connectivity index (χ0n) is 11.6. The quantitative estimate of drug-likeness (QED) is 0.907. The third kappa shape index (κ3) is 3.03. The Bertz CT molecular complexity index is 624. The largest absolute Gasteiger partial charge is 0.493 e. The van der Waals surface area contributed by atoms with E-state index in [2.05, 4.69) is 6.07 Å². The number of hydrogen-bond donors (Lipinski definition) is 1. The Morgan fingerprint density at radius 1 is 1.10 bits per heavy atom. The van der Waals surface area contributed by atoms with Gasteiger partial charge in [0.1, 0.15) is 5.75 Å². The number of benzene rings is 2. The number of fused-ring (bicyclic) bond motifs is 1. The van der Waals surface area contributed by atoms with E-state index in [1.165, 1.54) is 5.56 Å². The fraction of sp³-hybridized carbons (Fsp3) is 0.294. The summed E-state index contributed by atoms with van der Waals surface area (Å²) in [5.41, 5.74) is 8.57. The number of rotatable bonds is 3. The minimum atomic E-state index is -0.0348. The van der Waals surface area contributed by atoms with Crippen LogP contribution in [0.4, 0.5) is 0 Å². The van der Waals surface area contributed by atoms with Crippen molar-refractivity contribution >= 4 is 23.2 Å². The lowest BCUT2D eigenvalue weighted by atomic mass is 9.84. The Morgan fingerprint density at radius 2 is 1.81 bits per heavy atom. The lowest BCUT2D eigenvalue weighted by molar-refractivity contribution is 0.254. The predicted molar refractivity (Wildman–Crippen MR) is 87.4 cm³/mol. The highest BCUT2D eigenvalue weighted by Gasteiger charge is 2.27. The van der Waals surface area contributed by atoms with Gasteiger partial charge in [0.25, 0.3) is 0 Å². The van der Waals surface area contributed by atoms with Crippen LogP contribution in [-0.2, 0) is 6.42 Å². The number of nitrogens with two attached hydrogens (primary N) is 1. The summed E-state index contributed by atoms with van der Waals surface area (Å²) in [5.74, 6) is 1.21. The van der Waals surface area contributed by atoms with Gasteiger partial charge in [-0.2, -0.15) is 0 Å². The third-order valence-electron chi connectivity index (χ3n) is 4.02. The van der Waals surface area contributed by atoms with E-state index in [1.54, 1.807) is 0 Å². The molecule has 0 radical (unpaired) electrons. The molecule has 0 fully saturated rings. The highest BCUT2D eigenvalue weighted by molar-refractivity contribution is 6.36. The molecule has 2 N–H and O–H groups in total. The van der Waals surface area contributed by atoms with Crippen LogP contribution in [0.3, 0.4) is 0 Å². The Kier molecular flexibility index (Phi) is 4.39. The van der Waals surface area contributed by atoms with E-state index in [1.807, 2.05) is 36.4 Å². The van der Waals surface area contributed by atoms with Crippen molar-refractivity contribution in [1.29, 1.82) is 0 Å². The molecular weight excluding hydrogens is 305 g/mol. The molecule has 0 saturated carbocycles. The summed E-state index contributed by atoms with van der Waals surface area (Å²) < 4.78 is 5.69. The normalized spacial score (nSPS) is 18.7. The minimum absolute atomic E-state index is 0.0348. The van der Waals surface area contributed by atoms with Gasteiger partial charge in [0, 0.05) is 22.0 Å². The fourth-order valence-electron chi connectivity index (χ4n) is 2.92. The van der Waals surface area contributed by atoms with Crippen LogP contribution in [0, 0.1) is 0 Å². The van der Waals surface area contributed by atoms with Gasteiger partial charge < -0.3 is 10.5 Å². The molecule has 0 bridgehead atoms. The standard InChI is InChI=1S/C17H17Cl2NO/c18-14-5-3-6-15(19)13(14)10-16(20)11-8-9-21-17-7-2-1-4-12(11)17/h1-7,11,16H,8-10,20H2. The number of ether oxygens (including phenoxy) is 1. The molecule has 0 aromatic heterocycles. The molecular formula is C17H17Cl2NO. The maximum absolute atomic E-state index is 6.46. The van der Waals surface area contributed by atoms with Crippen LogP contribution in [0.2, 0.25) is 10.0 Å². The monoisotopic (exact) mass is 321 g/mol. The van der Waals surface area contributed by atoms with Crippen molar-refractivity contribution in [3.63, 3.8) is 0 Å². The van der Waals surface area contributed by atoms with Crippen LogP contribution in [0.5, 0.6) is 5.75 Å². The number of hydrogen-bond acceptors (Lipinski definition) is 2. The fourth-order valence-corrected chi connectivity index (χ4v) is 3.47. The summed E-state index contributed by atoms with van der Waals surface area (Å²) in [5, 5.41) is 1.36. The molecule has 21 heavy (non-hydrogen) atoms. The highest BCUT2D eigenvalue weighted by Crippen LogP contribution is 2.37. The molecule has 2 atom stereocenters. The Balaban J connectivity index is 1.85. The summed E-state index contributed by atoms with van der Waals surface area (Å²) in [6, 6.07) is 13.6. The van der Waals surface area contributed by atoms with E-state index in [0.717, 1.165) is 17.7 Å². The Labute approximate surface area is 134 Å². The second kappa shape index (κ2) is 6.27. The smallest absolute Gasteiger partial charge is 0.122 e. The van der Waals surface area contributed by atoms with Gasteiger partial charge in [-0.15, -0.1) is 0 Å². The van der Waals surface area contributed by atoms with E-state index in [9.17, 15) is 0 Å². The topological polar surface area (TPSA) is 35.2 Å². The van der Waals surface area contributed by atoms with Crippen LogP contribution >= 0.6 is 23.2 Å². The minimum Gasteiger partial charge on any atom is -0.493 e. The van der Waals surface area contributed by atoms with E-state index < -0.39 is 0 Å². The van der Waals surface area contributed by atoms with Gasteiger partial charge >= 0.3 is 0 Å². The first-order chi connectivity index (χ1) is 10.2. The van der Waals surface area contributed by atoms with Crippen molar-refractivity contribution < 1.29 is 4.74 Å². The lowest BCUT2D eigenvalue weighted by Crippen LogP contribution is -2.34. The first-order valence-electron chi connectivity index (χ1n) is 7.07. The molecule has 4 heteroatoms. The molecule has 110 valence electrons. The van der Waals surface area contributed by atoms with E-state index >= 15 is 0 Å². The van der Waals surface area contributed by atoms with Crippen molar-refractivity contribution in [2.45, 2.75) is 24.8 Å². The number of para-hydroxylation sites is 1. The second-order valence-corrected chi connectivity index (χ2v) is 6.16. The molecule has 0 amide bonds. The van der Waals surface area contributed by atoms with Crippen LogP contribution in [0.15, 0.2) is 42.5 Å². The Hall–Kier alpha value is -1.22. The third-order valence-corrected chi connectivity index (χ3v) is 4.73. The lowest BCUT2D eigenvalue weighted by Gasteiger charge is -2.30. The summed E-state index contributed by atoms with van der Waals surface area (Å²) in [6.07, 6.45) is 1.58. The first-order valence-corrected chi connectivity index (χ1v) is 7.82. The summed E-state index contributed by atoms with van der Waals surface area (Å²) >= 11 is 12.5. The number of halogens is 2. The maximum atomic E-state index is 6.46. The molecule has 0 saturated heterocycles. The predicted octanol–water partition coefficient (Wildman–Crippen LogP) is 4.43. The summed E-state index contributed by atoms with van der Waals surface area (Å²) in [7, 11) is 0. The molecule has 0 aliphatic carbocycles. The SMILES string of the molecule is NC(Cc1c(Cl)cccc1Cl)C1CCOc2ccccc21. The van der Waals surface area contributed by atoms with Gasteiger partial charge in [-0.05, 0) is 42.2 Å². The van der Waals surface area contributed by atoms with Crippen molar-refractivity contribution in [3.05, 3.63) is 63.6 Å². The molecule has 0 spiro atoms. The van der Waals surface area contributed by atoms with E-state index in [-0.39, 0.29) is 12.0 Å². The van der Waals surface area contributed by atoms with Gasteiger partial charge in [-0.25, -0.2) is 0 Å². The van der Waals surface area contributed by atoms with Gasteiger partial charge in [0.2, 0.25) is 0 Å². The zero-order valence-corrected chi connectivity index (χ0v) is 13.1. The van der Waals surface area contributed by atoms with Crippen molar-refractivity contribution in [3.8, 4) is 5.75 Å². The molecule has 2 aromatic rings. The molecule has 1 aliphatic heterocycles. The molecule has 1 heterocycles. The molecule has 2 unspecified atom stereocenters. The zero-order chi connectivity index (χ0) is 14.8. The van der Waals surface area contributed by atoms with Crippen LogP contribution in [0.25, 0.3) is 0 Å². The van der Waals surface area contributed by atoms with E-state index in [4.69, 9.17) is 33.7 Å². The average Bonchev–Trinajstić information content (AvgIpc) is 2.50. The van der Waals surface area contributed by atoms with Crippen molar-refractivity contribution in [2.24, 2.45) is 5.73 Å². The van der Waals surface area contributed by atoms with Crippen LogP contribution in [0.1, 0.15) is 23.5 Å². The van der Waals surface area contributed by atoms with Crippen molar-refractivity contribution in [2.75, 3.05) is 6.61 Å².